The molecule has 0 spiro atoms. The number of hydrogen-bond acceptors (Lipinski definition) is 3. The Hall–Kier alpha value is -1.32. The SMILES string of the molecule is CN1C/C(=C\c2ccc(Cl)cc2)C(=O)O1. The Bertz CT molecular complexity index is 411. The summed E-state index contributed by atoms with van der Waals surface area (Å²) in [5, 5.41) is 2.19. The molecule has 0 unspecified atom stereocenters. The van der Waals surface area contributed by atoms with Gasteiger partial charge in [0.15, 0.2) is 0 Å². The Morgan fingerprint density at radius 1 is 1.40 bits per heavy atom. The van der Waals surface area contributed by atoms with Crippen LogP contribution >= 0.6 is 11.6 Å². The lowest BCUT2D eigenvalue weighted by Gasteiger charge is -2.00. The maximum absolute atomic E-state index is 11.3. The lowest BCUT2D eigenvalue weighted by Crippen LogP contribution is -2.10. The lowest BCUT2D eigenvalue weighted by molar-refractivity contribution is -0.163. The van der Waals surface area contributed by atoms with Gasteiger partial charge in [-0.05, 0) is 23.8 Å². The molecule has 3 nitrogen and oxygen atoms in total. The van der Waals surface area contributed by atoms with Crippen molar-refractivity contribution in [3.63, 3.8) is 0 Å². The zero-order valence-corrected chi connectivity index (χ0v) is 8.99. The van der Waals surface area contributed by atoms with Crippen LogP contribution in [0.3, 0.4) is 0 Å². The van der Waals surface area contributed by atoms with Crippen molar-refractivity contribution in [2.45, 2.75) is 0 Å². The molecule has 4 heteroatoms. The molecule has 0 atom stereocenters. The molecule has 0 amide bonds. The van der Waals surface area contributed by atoms with Crippen LogP contribution in [0.4, 0.5) is 0 Å². The Morgan fingerprint density at radius 2 is 2.07 bits per heavy atom. The van der Waals surface area contributed by atoms with Gasteiger partial charge in [0.25, 0.3) is 0 Å². The minimum absolute atomic E-state index is 0.285. The van der Waals surface area contributed by atoms with E-state index in [2.05, 4.69) is 0 Å². The maximum atomic E-state index is 11.3. The van der Waals surface area contributed by atoms with Gasteiger partial charge in [-0.3, -0.25) is 0 Å². The molecule has 78 valence electrons. The quantitative estimate of drug-likeness (QED) is 0.683. The van der Waals surface area contributed by atoms with Crippen molar-refractivity contribution < 1.29 is 9.63 Å². The summed E-state index contributed by atoms with van der Waals surface area (Å²) in [6, 6.07) is 7.30. The summed E-state index contributed by atoms with van der Waals surface area (Å²) in [5.74, 6) is -0.285. The van der Waals surface area contributed by atoms with Gasteiger partial charge < -0.3 is 4.84 Å². The first-order valence-corrected chi connectivity index (χ1v) is 4.92. The summed E-state index contributed by atoms with van der Waals surface area (Å²) in [6.45, 7) is 0.515. The van der Waals surface area contributed by atoms with Crippen LogP contribution < -0.4 is 0 Å². The predicted molar refractivity (Wildman–Crippen MR) is 58.2 cm³/mol. The molecule has 1 saturated heterocycles. The van der Waals surface area contributed by atoms with Gasteiger partial charge in [-0.2, -0.15) is 0 Å². The van der Waals surface area contributed by atoms with E-state index in [1.165, 1.54) is 5.06 Å². The highest BCUT2D eigenvalue weighted by Gasteiger charge is 2.23. The topological polar surface area (TPSA) is 29.5 Å². The molecule has 2 rings (SSSR count). The second-order valence-corrected chi connectivity index (χ2v) is 3.82. The highest BCUT2D eigenvalue weighted by atomic mass is 35.5. The molecule has 1 heterocycles. The average molecular weight is 224 g/mol. The molecule has 1 aromatic carbocycles. The molecule has 1 fully saturated rings. The fraction of sp³-hybridized carbons (Fsp3) is 0.182. The van der Waals surface area contributed by atoms with Crippen LogP contribution in [-0.2, 0) is 9.63 Å². The third-order valence-electron chi connectivity index (χ3n) is 2.10. The standard InChI is InChI=1S/C11H10ClNO2/c1-13-7-9(11(14)15-13)6-8-2-4-10(12)5-3-8/h2-6H,7H2,1H3/b9-6+. The van der Waals surface area contributed by atoms with E-state index in [4.69, 9.17) is 16.4 Å². The number of carbonyl (C=O) groups is 1. The number of benzene rings is 1. The predicted octanol–water partition coefficient (Wildman–Crippen LogP) is 2.13. The number of nitrogens with zero attached hydrogens (tertiary/aromatic N) is 1. The van der Waals surface area contributed by atoms with E-state index in [-0.39, 0.29) is 5.97 Å². The summed E-state index contributed by atoms with van der Waals surface area (Å²) in [7, 11) is 1.72. The number of likely N-dealkylation sites (N-methyl/N-ethyl adjacent to an activating group) is 1. The van der Waals surface area contributed by atoms with Crippen molar-refractivity contribution in [2.75, 3.05) is 13.6 Å². The molecule has 0 saturated carbocycles. The normalized spacial score (nSPS) is 19.6. The third kappa shape index (κ3) is 2.37. The minimum atomic E-state index is -0.285. The molecular formula is C11H10ClNO2. The molecule has 1 aromatic rings. The zero-order valence-electron chi connectivity index (χ0n) is 8.24. The second-order valence-electron chi connectivity index (χ2n) is 3.39. The van der Waals surface area contributed by atoms with E-state index in [9.17, 15) is 4.79 Å². The van der Waals surface area contributed by atoms with E-state index in [1.807, 2.05) is 18.2 Å². The van der Waals surface area contributed by atoms with Crippen LogP contribution in [0, 0.1) is 0 Å². The Balaban J connectivity index is 2.23. The van der Waals surface area contributed by atoms with Gasteiger partial charge in [0.05, 0.1) is 12.1 Å². The highest BCUT2D eigenvalue weighted by molar-refractivity contribution is 6.30. The van der Waals surface area contributed by atoms with Crippen LogP contribution in [0.5, 0.6) is 0 Å². The van der Waals surface area contributed by atoms with E-state index >= 15 is 0 Å². The van der Waals surface area contributed by atoms with Crippen LogP contribution in [0.2, 0.25) is 5.02 Å². The molecule has 1 aliphatic heterocycles. The fourth-order valence-electron chi connectivity index (χ4n) is 1.40. The van der Waals surface area contributed by atoms with E-state index < -0.39 is 0 Å². The summed E-state index contributed by atoms with van der Waals surface area (Å²) in [5.41, 5.74) is 1.60. The molecule has 1 aliphatic rings. The smallest absolute Gasteiger partial charge is 0.354 e. The number of halogens is 1. The van der Waals surface area contributed by atoms with Crippen molar-refractivity contribution in [1.29, 1.82) is 0 Å². The second kappa shape index (κ2) is 4.04. The largest absolute Gasteiger partial charge is 0.364 e. The summed E-state index contributed by atoms with van der Waals surface area (Å²) in [6.07, 6.45) is 1.81. The van der Waals surface area contributed by atoms with Gasteiger partial charge >= 0.3 is 5.97 Å². The van der Waals surface area contributed by atoms with Crippen molar-refractivity contribution in [3.8, 4) is 0 Å². The van der Waals surface area contributed by atoms with Gasteiger partial charge in [-0.15, -0.1) is 5.06 Å². The minimum Gasteiger partial charge on any atom is -0.364 e. The molecule has 15 heavy (non-hydrogen) atoms. The molecule has 0 bridgehead atoms. The molecule has 0 N–H and O–H groups in total. The number of hydrogen-bond donors (Lipinski definition) is 0. The van der Waals surface area contributed by atoms with Gasteiger partial charge in [-0.1, -0.05) is 23.7 Å². The van der Waals surface area contributed by atoms with Crippen molar-refractivity contribution in [3.05, 3.63) is 40.4 Å². The first-order valence-electron chi connectivity index (χ1n) is 4.55. The third-order valence-corrected chi connectivity index (χ3v) is 2.36. The van der Waals surface area contributed by atoms with Gasteiger partial charge in [-0.25, -0.2) is 4.79 Å². The van der Waals surface area contributed by atoms with Gasteiger partial charge in [0, 0.05) is 12.1 Å². The van der Waals surface area contributed by atoms with Crippen LogP contribution in [0.15, 0.2) is 29.8 Å². The lowest BCUT2D eigenvalue weighted by atomic mass is 10.1. The molecule has 0 aliphatic carbocycles. The molecule has 0 radical (unpaired) electrons. The molecule has 0 aromatic heterocycles. The van der Waals surface area contributed by atoms with Crippen LogP contribution in [-0.4, -0.2) is 24.6 Å². The van der Waals surface area contributed by atoms with Gasteiger partial charge in [0.2, 0.25) is 0 Å². The van der Waals surface area contributed by atoms with E-state index in [1.54, 1.807) is 19.2 Å². The van der Waals surface area contributed by atoms with Crippen LogP contribution in [0.25, 0.3) is 6.08 Å². The van der Waals surface area contributed by atoms with E-state index in [0.29, 0.717) is 17.1 Å². The fourth-order valence-corrected chi connectivity index (χ4v) is 1.53. The maximum Gasteiger partial charge on any atom is 0.354 e. The molecular weight excluding hydrogens is 214 g/mol. The monoisotopic (exact) mass is 223 g/mol. The number of hydroxylamine groups is 2. The average Bonchev–Trinajstić information content (AvgIpc) is 2.49. The van der Waals surface area contributed by atoms with E-state index in [0.717, 1.165) is 5.56 Å². The summed E-state index contributed by atoms with van der Waals surface area (Å²) >= 11 is 5.76. The van der Waals surface area contributed by atoms with Gasteiger partial charge in [0.1, 0.15) is 0 Å². The summed E-state index contributed by atoms with van der Waals surface area (Å²) in [4.78, 5) is 16.2. The zero-order chi connectivity index (χ0) is 10.8. The van der Waals surface area contributed by atoms with Crippen LogP contribution in [0.1, 0.15) is 5.56 Å². The Labute approximate surface area is 92.9 Å². The Morgan fingerprint density at radius 3 is 2.60 bits per heavy atom. The Kier molecular flexibility index (Phi) is 2.75. The van der Waals surface area contributed by atoms with Crippen molar-refractivity contribution in [1.82, 2.24) is 5.06 Å². The number of carbonyl (C=O) groups excluding carboxylic acids is 1. The van der Waals surface area contributed by atoms with Crippen molar-refractivity contribution >= 4 is 23.6 Å². The summed E-state index contributed by atoms with van der Waals surface area (Å²) < 4.78 is 0. The highest BCUT2D eigenvalue weighted by Crippen LogP contribution is 2.17. The number of rotatable bonds is 1. The first kappa shape index (κ1) is 10.2. The first-order chi connectivity index (χ1) is 7.15. The van der Waals surface area contributed by atoms with Crippen molar-refractivity contribution in [2.24, 2.45) is 0 Å².